The number of hydrogen-bond acceptors (Lipinski definition) is 6. The zero-order valence-electron chi connectivity index (χ0n) is 18.1. The molecule has 2 aromatic heterocycles. The third-order valence-corrected chi connectivity index (χ3v) is 7.88. The monoisotopic (exact) mass is 464 g/mol. The summed E-state index contributed by atoms with van der Waals surface area (Å²) >= 11 is 0. The molecule has 33 heavy (non-hydrogen) atoms. The quantitative estimate of drug-likeness (QED) is 0.466. The number of aromatic nitrogens is 2. The van der Waals surface area contributed by atoms with Crippen molar-refractivity contribution in [1.82, 2.24) is 14.3 Å². The van der Waals surface area contributed by atoms with Gasteiger partial charge in [-0.3, -0.25) is 4.98 Å². The number of sulfonamides is 1. The highest BCUT2D eigenvalue weighted by atomic mass is 32.2. The number of oxazole rings is 1. The van der Waals surface area contributed by atoms with Gasteiger partial charge in [0, 0.05) is 25.3 Å². The van der Waals surface area contributed by atoms with Crippen LogP contribution >= 0.6 is 0 Å². The standard InChI is InChI=1S/C24H24N4O4S/c1-16-2-9-23(25-15-16)26-19-10-12-28(13-11-19)33(30,31)20-6-3-17(4-7-20)18-5-8-21-22(14-18)32-24(29)27-21/h2-9,14-15,19H,10-13H2,1H3,(H,25,26)(H,27,29). The van der Waals surface area contributed by atoms with Crippen molar-refractivity contribution in [2.24, 2.45) is 0 Å². The van der Waals surface area contributed by atoms with Gasteiger partial charge in [0.25, 0.3) is 0 Å². The molecule has 170 valence electrons. The first-order valence-corrected chi connectivity index (χ1v) is 12.3. The van der Waals surface area contributed by atoms with Gasteiger partial charge in [-0.15, -0.1) is 0 Å². The second kappa shape index (κ2) is 8.49. The van der Waals surface area contributed by atoms with E-state index in [1.54, 1.807) is 40.7 Å². The van der Waals surface area contributed by atoms with E-state index in [0.29, 0.717) is 24.2 Å². The van der Waals surface area contributed by atoms with Crippen LogP contribution in [-0.4, -0.2) is 41.8 Å². The highest BCUT2D eigenvalue weighted by Crippen LogP contribution is 2.27. The van der Waals surface area contributed by atoms with E-state index in [-0.39, 0.29) is 10.9 Å². The first-order chi connectivity index (χ1) is 15.9. The summed E-state index contributed by atoms with van der Waals surface area (Å²) in [5.41, 5.74) is 3.87. The third-order valence-electron chi connectivity index (χ3n) is 5.96. The van der Waals surface area contributed by atoms with E-state index in [9.17, 15) is 13.2 Å². The zero-order valence-corrected chi connectivity index (χ0v) is 18.9. The zero-order chi connectivity index (χ0) is 23.0. The summed E-state index contributed by atoms with van der Waals surface area (Å²) in [6.45, 7) is 2.90. The molecule has 0 radical (unpaired) electrons. The molecule has 0 unspecified atom stereocenters. The number of benzene rings is 2. The molecule has 0 amide bonds. The van der Waals surface area contributed by atoms with Gasteiger partial charge in [-0.25, -0.2) is 18.2 Å². The largest absolute Gasteiger partial charge is 0.417 e. The summed E-state index contributed by atoms with van der Waals surface area (Å²) in [6.07, 6.45) is 3.25. The lowest BCUT2D eigenvalue weighted by molar-refractivity contribution is 0.329. The van der Waals surface area contributed by atoms with E-state index >= 15 is 0 Å². The molecule has 9 heteroatoms. The van der Waals surface area contributed by atoms with Crippen LogP contribution in [0, 0.1) is 6.92 Å². The third kappa shape index (κ3) is 4.42. The Morgan fingerprint density at radius 2 is 1.76 bits per heavy atom. The predicted octanol–water partition coefficient (Wildman–Crippen LogP) is 3.76. The van der Waals surface area contributed by atoms with Gasteiger partial charge in [0.2, 0.25) is 10.0 Å². The van der Waals surface area contributed by atoms with Crippen LogP contribution in [-0.2, 0) is 10.0 Å². The van der Waals surface area contributed by atoms with Crippen LogP contribution in [0.2, 0.25) is 0 Å². The average molecular weight is 465 g/mol. The maximum absolute atomic E-state index is 13.2. The van der Waals surface area contributed by atoms with Crippen molar-refractivity contribution in [2.45, 2.75) is 30.7 Å². The first kappa shape index (κ1) is 21.4. The van der Waals surface area contributed by atoms with E-state index in [1.165, 1.54) is 0 Å². The number of rotatable bonds is 5. The van der Waals surface area contributed by atoms with E-state index in [0.717, 1.165) is 35.3 Å². The lowest BCUT2D eigenvalue weighted by atomic mass is 10.1. The number of anilines is 1. The van der Waals surface area contributed by atoms with Crippen LogP contribution in [0.15, 0.2) is 74.9 Å². The van der Waals surface area contributed by atoms with Gasteiger partial charge in [0.05, 0.1) is 10.4 Å². The summed E-state index contributed by atoms with van der Waals surface area (Å²) in [4.78, 5) is 18.6. The lowest BCUT2D eigenvalue weighted by Crippen LogP contribution is -2.42. The number of aromatic amines is 1. The molecule has 0 saturated carbocycles. The number of fused-ring (bicyclic) bond motifs is 1. The number of H-pyrrole nitrogens is 1. The van der Waals surface area contributed by atoms with Crippen LogP contribution in [0.3, 0.4) is 0 Å². The Morgan fingerprint density at radius 1 is 1.03 bits per heavy atom. The molecule has 2 N–H and O–H groups in total. The molecular weight excluding hydrogens is 440 g/mol. The fourth-order valence-corrected chi connectivity index (χ4v) is 5.57. The van der Waals surface area contributed by atoms with Gasteiger partial charge in [-0.05, 0) is 66.8 Å². The summed E-state index contributed by atoms with van der Waals surface area (Å²) in [5, 5.41) is 3.40. The van der Waals surface area contributed by atoms with E-state index in [4.69, 9.17) is 4.42 Å². The SMILES string of the molecule is Cc1ccc(NC2CCN(S(=O)(=O)c3ccc(-c4ccc5[nH]c(=O)oc5c4)cc3)CC2)nc1. The van der Waals surface area contributed by atoms with Crippen molar-refractivity contribution in [3.8, 4) is 11.1 Å². The van der Waals surface area contributed by atoms with Gasteiger partial charge in [0.15, 0.2) is 5.58 Å². The van der Waals surface area contributed by atoms with Gasteiger partial charge in [-0.1, -0.05) is 24.3 Å². The van der Waals surface area contributed by atoms with E-state index in [1.807, 2.05) is 31.3 Å². The van der Waals surface area contributed by atoms with Crippen LogP contribution in [0.4, 0.5) is 5.82 Å². The van der Waals surface area contributed by atoms with Crippen LogP contribution in [0.1, 0.15) is 18.4 Å². The Kier molecular flexibility index (Phi) is 5.51. The highest BCUT2D eigenvalue weighted by Gasteiger charge is 2.29. The average Bonchev–Trinajstić information content (AvgIpc) is 3.20. The Hall–Kier alpha value is -3.43. The number of nitrogens with zero attached hydrogens (tertiary/aromatic N) is 2. The molecule has 2 aromatic carbocycles. The molecule has 3 heterocycles. The molecule has 1 saturated heterocycles. The number of hydrogen-bond donors (Lipinski definition) is 2. The highest BCUT2D eigenvalue weighted by molar-refractivity contribution is 7.89. The predicted molar refractivity (Wildman–Crippen MR) is 127 cm³/mol. The number of aryl methyl sites for hydroxylation is 1. The Morgan fingerprint density at radius 3 is 2.45 bits per heavy atom. The molecule has 1 aliphatic rings. The van der Waals surface area contributed by atoms with Crippen LogP contribution < -0.4 is 11.1 Å². The maximum atomic E-state index is 13.2. The van der Waals surface area contributed by atoms with Crippen molar-refractivity contribution in [3.05, 3.63) is 76.9 Å². The summed E-state index contributed by atoms with van der Waals surface area (Å²) in [7, 11) is -3.57. The summed E-state index contributed by atoms with van der Waals surface area (Å²) in [6, 6.07) is 16.3. The second-order valence-electron chi connectivity index (χ2n) is 8.29. The maximum Gasteiger partial charge on any atom is 0.417 e. The van der Waals surface area contributed by atoms with Crippen LogP contribution in [0.25, 0.3) is 22.2 Å². The second-order valence-corrected chi connectivity index (χ2v) is 10.2. The van der Waals surface area contributed by atoms with Crippen molar-refractivity contribution < 1.29 is 12.8 Å². The van der Waals surface area contributed by atoms with Gasteiger partial charge < -0.3 is 9.73 Å². The molecule has 0 aliphatic carbocycles. The fraction of sp³-hybridized carbons (Fsp3) is 0.250. The Labute approximate surface area is 191 Å². The first-order valence-electron chi connectivity index (χ1n) is 10.8. The Balaban J connectivity index is 1.26. The lowest BCUT2D eigenvalue weighted by Gasteiger charge is -2.32. The minimum Gasteiger partial charge on any atom is -0.408 e. The number of piperidine rings is 1. The minimum atomic E-state index is -3.57. The number of pyridine rings is 1. The van der Waals surface area contributed by atoms with Gasteiger partial charge in [0.1, 0.15) is 5.82 Å². The van der Waals surface area contributed by atoms with Crippen molar-refractivity contribution >= 4 is 26.9 Å². The molecule has 1 fully saturated rings. The van der Waals surface area contributed by atoms with Gasteiger partial charge in [-0.2, -0.15) is 4.31 Å². The van der Waals surface area contributed by atoms with Crippen LogP contribution in [0.5, 0.6) is 0 Å². The Bertz CT molecular complexity index is 1430. The normalized spacial score (nSPS) is 15.7. The topological polar surface area (TPSA) is 108 Å². The molecule has 1 aliphatic heterocycles. The van der Waals surface area contributed by atoms with E-state index < -0.39 is 15.8 Å². The molecule has 0 spiro atoms. The van der Waals surface area contributed by atoms with E-state index in [2.05, 4.69) is 15.3 Å². The summed E-state index contributed by atoms with van der Waals surface area (Å²) in [5.74, 6) is 0.312. The molecule has 0 bridgehead atoms. The molecule has 8 nitrogen and oxygen atoms in total. The molecular formula is C24H24N4O4S. The minimum absolute atomic E-state index is 0.192. The summed E-state index contributed by atoms with van der Waals surface area (Å²) < 4.78 is 33.0. The smallest absolute Gasteiger partial charge is 0.408 e. The van der Waals surface area contributed by atoms with Gasteiger partial charge >= 0.3 is 5.76 Å². The molecule has 0 atom stereocenters. The molecule has 4 aromatic rings. The van der Waals surface area contributed by atoms with Crippen molar-refractivity contribution in [1.29, 1.82) is 0 Å². The van der Waals surface area contributed by atoms with Crippen molar-refractivity contribution in [3.63, 3.8) is 0 Å². The number of nitrogens with one attached hydrogen (secondary N) is 2. The van der Waals surface area contributed by atoms with Crippen molar-refractivity contribution in [2.75, 3.05) is 18.4 Å². The fourth-order valence-electron chi connectivity index (χ4n) is 4.10. The molecule has 5 rings (SSSR count).